The third-order valence-corrected chi connectivity index (χ3v) is 4.56. The molecule has 0 saturated carbocycles. The average molecular weight is 369 g/mol. The topological polar surface area (TPSA) is 61.4 Å². The van der Waals surface area contributed by atoms with Crippen LogP contribution >= 0.6 is 0 Å². The zero-order valence-electron chi connectivity index (χ0n) is 15.2. The lowest BCUT2D eigenvalue weighted by Gasteiger charge is -2.26. The van der Waals surface area contributed by atoms with Crippen LogP contribution in [-0.4, -0.2) is 36.3 Å². The van der Waals surface area contributed by atoms with Crippen molar-refractivity contribution in [3.05, 3.63) is 65.5 Å². The zero-order chi connectivity index (χ0) is 19.1. The number of hydrogen-bond donors (Lipinski definition) is 2. The molecule has 0 atom stereocenters. The van der Waals surface area contributed by atoms with Crippen LogP contribution < -0.4 is 10.6 Å². The standard InChI is InChI=1S/C21H24FN3O2/c22-18-8-5-7-17(13-18)21(27)23-14-20(26)24-19-9-4-6-16(12-19)15-25-10-2-1-3-11-25/h4-9,12-13H,1-3,10-11,14-15H2,(H,23,27)(H,24,26). The first kappa shape index (κ1) is 19.0. The lowest BCUT2D eigenvalue weighted by molar-refractivity contribution is -0.115. The van der Waals surface area contributed by atoms with E-state index in [0.29, 0.717) is 5.69 Å². The Balaban J connectivity index is 1.50. The number of carbonyl (C=O) groups excluding carboxylic acids is 2. The minimum Gasteiger partial charge on any atom is -0.343 e. The molecule has 6 heteroatoms. The molecular formula is C21H24FN3O2. The third kappa shape index (κ3) is 5.89. The Kier molecular flexibility index (Phi) is 6.54. The predicted molar refractivity (Wildman–Crippen MR) is 103 cm³/mol. The Bertz CT molecular complexity index is 804. The fraction of sp³-hybridized carbons (Fsp3) is 0.333. The van der Waals surface area contributed by atoms with Crippen molar-refractivity contribution in [2.24, 2.45) is 0 Å². The summed E-state index contributed by atoms with van der Waals surface area (Å²) in [6, 6.07) is 13.1. The number of hydrogen-bond acceptors (Lipinski definition) is 3. The van der Waals surface area contributed by atoms with Crippen molar-refractivity contribution in [2.75, 3.05) is 25.0 Å². The van der Waals surface area contributed by atoms with Gasteiger partial charge < -0.3 is 10.6 Å². The summed E-state index contributed by atoms with van der Waals surface area (Å²) in [5, 5.41) is 5.29. The van der Waals surface area contributed by atoms with Crippen LogP contribution in [0.5, 0.6) is 0 Å². The highest BCUT2D eigenvalue weighted by molar-refractivity contribution is 5.99. The molecule has 0 bridgehead atoms. The number of piperidine rings is 1. The maximum absolute atomic E-state index is 13.2. The van der Waals surface area contributed by atoms with Crippen LogP contribution in [0.25, 0.3) is 0 Å². The summed E-state index contributed by atoms with van der Waals surface area (Å²) in [6.45, 7) is 2.93. The summed E-state index contributed by atoms with van der Waals surface area (Å²) >= 11 is 0. The molecule has 0 aromatic heterocycles. The number of nitrogens with zero attached hydrogens (tertiary/aromatic N) is 1. The van der Waals surface area contributed by atoms with E-state index in [9.17, 15) is 14.0 Å². The number of anilines is 1. The van der Waals surface area contributed by atoms with Gasteiger partial charge in [0.2, 0.25) is 5.91 Å². The molecule has 0 radical (unpaired) electrons. The second-order valence-corrected chi connectivity index (χ2v) is 6.78. The highest BCUT2D eigenvalue weighted by Crippen LogP contribution is 2.16. The van der Waals surface area contributed by atoms with Gasteiger partial charge in [0.1, 0.15) is 5.82 Å². The number of benzene rings is 2. The SMILES string of the molecule is O=C(CNC(=O)c1cccc(F)c1)Nc1cccc(CN2CCCCC2)c1. The molecule has 2 aromatic rings. The van der Waals surface area contributed by atoms with E-state index in [1.54, 1.807) is 0 Å². The van der Waals surface area contributed by atoms with Crippen LogP contribution in [0.3, 0.4) is 0 Å². The normalized spacial score (nSPS) is 14.6. The molecule has 2 aromatic carbocycles. The highest BCUT2D eigenvalue weighted by Gasteiger charge is 2.12. The fourth-order valence-electron chi connectivity index (χ4n) is 3.22. The average Bonchev–Trinajstić information content (AvgIpc) is 2.67. The first-order valence-electron chi connectivity index (χ1n) is 9.25. The Hall–Kier alpha value is -2.73. The maximum atomic E-state index is 13.2. The van der Waals surface area contributed by atoms with E-state index in [1.165, 1.54) is 37.5 Å². The van der Waals surface area contributed by atoms with Gasteiger partial charge in [-0.2, -0.15) is 0 Å². The van der Waals surface area contributed by atoms with E-state index in [4.69, 9.17) is 0 Å². The van der Waals surface area contributed by atoms with Gasteiger partial charge in [-0.3, -0.25) is 14.5 Å². The van der Waals surface area contributed by atoms with Gasteiger partial charge in [-0.1, -0.05) is 24.6 Å². The second-order valence-electron chi connectivity index (χ2n) is 6.78. The van der Waals surface area contributed by atoms with Crippen LogP contribution in [0.1, 0.15) is 35.2 Å². The number of likely N-dealkylation sites (tertiary alicyclic amines) is 1. The lowest BCUT2D eigenvalue weighted by Crippen LogP contribution is -2.33. The lowest BCUT2D eigenvalue weighted by atomic mass is 10.1. The Morgan fingerprint density at radius 3 is 2.56 bits per heavy atom. The summed E-state index contributed by atoms with van der Waals surface area (Å²) in [4.78, 5) is 26.5. The zero-order valence-corrected chi connectivity index (χ0v) is 15.2. The van der Waals surface area contributed by atoms with Gasteiger partial charge in [0.15, 0.2) is 0 Å². The van der Waals surface area contributed by atoms with Crippen molar-refractivity contribution >= 4 is 17.5 Å². The molecule has 142 valence electrons. The molecule has 1 aliphatic heterocycles. The molecule has 1 fully saturated rings. The molecule has 1 aliphatic rings. The van der Waals surface area contributed by atoms with Crippen LogP contribution in [0.15, 0.2) is 48.5 Å². The predicted octanol–water partition coefficient (Wildman–Crippen LogP) is 3.18. The van der Waals surface area contributed by atoms with Crippen LogP contribution in [0.2, 0.25) is 0 Å². The molecule has 2 amide bonds. The monoisotopic (exact) mass is 369 g/mol. The van der Waals surface area contributed by atoms with Gasteiger partial charge in [-0.05, 0) is 61.8 Å². The minimum absolute atomic E-state index is 0.175. The highest BCUT2D eigenvalue weighted by atomic mass is 19.1. The van der Waals surface area contributed by atoms with Crippen molar-refractivity contribution in [3.63, 3.8) is 0 Å². The number of rotatable bonds is 6. The summed E-state index contributed by atoms with van der Waals surface area (Å²) in [6.07, 6.45) is 3.77. The maximum Gasteiger partial charge on any atom is 0.251 e. The first-order chi connectivity index (χ1) is 13.1. The number of halogens is 1. The first-order valence-corrected chi connectivity index (χ1v) is 9.25. The molecule has 0 aliphatic carbocycles. The molecule has 0 unspecified atom stereocenters. The molecular weight excluding hydrogens is 345 g/mol. The smallest absolute Gasteiger partial charge is 0.251 e. The van der Waals surface area contributed by atoms with Gasteiger partial charge in [0, 0.05) is 17.8 Å². The van der Waals surface area contributed by atoms with Gasteiger partial charge in [-0.15, -0.1) is 0 Å². The molecule has 5 nitrogen and oxygen atoms in total. The van der Waals surface area contributed by atoms with E-state index in [0.717, 1.165) is 31.3 Å². The number of carbonyl (C=O) groups is 2. The van der Waals surface area contributed by atoms with Crippen molar-refractivity contribution in [1.29, 1.82) is 0 Å². The van der Waals surface area contributed by atoms with Crippen LogP contribution in [0.4, 0.5) is 10.1 Å². The third-order valence-electron chi connectivity index (χ3n) is 4.56. The Labute approximate surface area is 158 Å². The van der Waals surface area contributed by atoms with E-state index in [-0.39, 0.29) is 18.0 Å². The van der Waals surface area contributed by atoms with Crippen LogP contribution in [-0.2, 0) is 11.3 Å². The van der Waals surface area contributed by atoms with E-state index >= 15 is 0 Å². The molecule has 2 N–H and O–H groups in total. The summed E-state index contributed by atoms with van der Waals surface area (Å²) < 4.78 is 13.2. The quantitative estimate of drug-likeness (QED) is 0.822. The summed E-state index contributed by atoms with van der Waals surface area (Å²) in [5.74, 6) is -1.30. The molecule has 27 heavy (non-hydrogen) atoms. The van der Waals surface area contributed by atoms with E-state index in [2.05, 4.69) is 21.6 Å². The Morgan fingerprint density at radius 1 is 1.00 bits per heavy atom. The fourth-order valence-corrected chi connectivity index (χ4v) is 3.22. The molecule has 3 rings (SSSR count). The number of amides is 2. The van der Waals surface area contributed by atoms with Gasteiger partial charge in [-0.25, -0.2) is 4.39 Å². The van der Waals surface area contributed by atoms with E-state index < -0.39 is 11.7 Å². The number of nitrogens with one attached hydrogen (secondary N) is 2. The van der Waals surface area contributed by atoms with Gasteiger partial charge in [0.05, 0.1) is 6.54 Å². The van der Waals surface area contributed by atoms with Crippen molar-refractivity contribution in [3.8, 4) is 0 Å². The van der Waals surface area contributed by atoms with Gasteiger partial charge >= 0.3 is 0 Å². The van der Waals surface area contributed by atoms with Crippen molar-refractivity contribution in [2.45, 2.75) is 25.8 Å². The van der Waals surface area contributed by atoms with Gasteiger partial charge in [0.25, 0.3) is 5.91 Å². The largest absolute Gasteiger partial charge is 0.343 e. The van der Waals surface area contributed by atoms with Crippen LogP contribution in [0, 0.1) is 5.82 Å². The minimum atomic E-state index is -0.488. The second kappa shape index (κ2) is 9.28. The van der Waals surface area contributed by atoms with Crippen molar-refractivity contribution < 1.29 is 14.0 Å². The summed E-state index contributed by atoms with van der Waals surface area (Å²) in [5.41, 5.74) is 2.04. The Morgan fingerprint density at radius 2 is 1.78 bits per heavy atom. The molecule has 1 heterocycles. The van der Waals surface area contributed by atoms with E-state index in [1.807, 2.05) is 18.2 Å². The van der Waals surface area contributed by atoms with Crippen molar-refractivity contribution in [1.82, 2.24) is 10.2 Å². The molecule has 1 saturated heterocycles. The summed E-state index contributed by atoms with van der Waals surface area (Å²) in [7, 11) is 0. The molecule has 0 spiro atoms.